The SMILES string of the molecule is CCCCCCCCCCCCSc1nc(Oc2cc(C(C)(C)C)c(O)c(C(C)(C)C)c2)nc(Oc2cc(C(C)(C)C)c(O)c(C(C)(C)C)c2)n1. The van der Waals surface area contributed by atoms with Gasteiger partial charge in [-0.15, -0.1) is 4.98 Å². The van der Waals surface area contributed by atoms with E-state index in [1.807, 2.05) is 24.3 Å². The normalized spacial score (nSPS) is 12.7. The van der Waals surface area contributed by atoms with Gasteiger partial charge in [-0.3, -0.25) is 0 Å². The van der Waals surface area contributed by atoms with E-state index in [1.165, 1.54) is 57.8 Å². The molecule has 0 radical (unpaired) electrons. The largest absolute Gasteiger partial charge is 0.507 e. The van der Waals surface area contributed by atoms with E-state index in [2.05, 4.69) is 95.0 Å². The second-order valence-corrected chi connectivity index (χ2v) is 19.2. The van der Waals surface area contributed by atoms with Crippen molar-refractivity contribution in [1.82, 2.24) is 15.0 Å². The van der Waals surface area contributed by atoms with E-state index in [0.29, 0.717) is 16.7 Å². The van der Waals surface area contributed by atoms with Crippen LogP contribution >= 0.6 is 11.8 Å². The van der Waals surface area contributed by atoms with Crippen molar-refractivity contribution < 1.29 is 19.7 Å². The molecule has 3 aromatic rings. The van der Waals surface area contributed by atoms with Gasteiger partial charge in [0.25, 0.3) is 0 Å². The highest BCUT2D eigenvalue weighted by Crippen LogP contribution is 2.44. The van der Waals surface area contributed by atoms with Crippen LogP contribution in [0.5, 0.6) is 35.0 Å². The van der Waals surface area contributed by atoms with Crippen molar-refractivity contribution >= 4 is 11.8 Å². The van der Waals surface area contributed by atoms with Crippen LogP contribution in [-0.4, -0.2) is 30.9 Å². The number of nitrogens with zero attached hydrogens (tertiary/aromatic N) is 3. The average molecular weight is 722 g/mol. The van der Waals surface area contributed by atoms with E-state index in [0.717, 1.165) is 34.4 Å². The minimum atomic E-state index is -0.318. The summed E-state index contributed by atoms with van der Waals surface area (Å²) in [5.74, 6) is 2.53. The van der Waals surface area contributed by atoms with Crippen molar-refractivity contribution in [3.8, 4) is 35.0 Å². The molecule has 8 heteroatoms. The number of aromatic hydroxyl groups is 2. The predicted octanol–water partition coefficient (Wildman–Crippen LogP) is 13.1. The van der Waals surface area contributed by atoms with E-state index < -0.39 is 0 Å². The second kappa shape index (κ2) is 17.7. The summed E-state index contributed by atoms with van der Waals surface area (Å²) in [5, 5.41) is 23.1. The maximum Gasteiger partial charge on any atom is 0.329 e. The number of ether oxygens (including phenoxy) is 2. The summed E-state index contributed by atoms with van der Waals surface area (Å²) in [6.45, 7) is 27.2. The van der Waals surface area contributed by atoms with Crippen molar-refractivity contribution in [2.45, 2.75) is 181 Å². The van der Waals surface area contributed by atoms with Gasteiger partial charge in [0.2, 0.25) is 0 Å². The average Bonchev–Trinajstić information content (AvgIpc) is 2.99. The number of benzene rings is 2. The van der Waals surface area contributed by atoms with E-state index in [4.69, 9.17) is 19.4 Å². The first-order valence-corrected chi connectivity index (χ1v) is 20.1. The number of unbranched alkanes of at least 4 members (excludes halogenated alkanes) is 9. The second-order valence-electron chi connectivity index (χ2n) is 18.2. The summed E-state index contributed by atoms with van der Waals surface area (Å²) < 4.78 is 12.8. The van der Waals surface area contributed by atoms with Gasteiger partial charge in [0, 0.05) is 28.0 Å². The summed E-state index contributed by atoms with van der Waals surface area (Å²) in [4.78, 5) is 14.1. The van der Waals surface area contributed by atoms with Crippen LogP contribution < -0.4 is 9.47 Å². The monoisotopic (exact) mass is 721 g/mol. The summed E-state index contributed by atoms with van der Waals surface area (Å²) in [7, 11) is 0. The van der Waals surface area contributed by atoms with E-state index in [9.17, 15) is 10.2 Å². The molecule has 2 N–H and O–H groups in total. The molecular weight excluding hydrogens is 655 g/mol. The summed E-state index contributed by atoms with van der Waals surface area (Å²) in [5.41, 5.74) is 1.89. The minimum Gasteiger partial charge on any atom is -0.507 e. The smallest absolute Gasteiger partial charge is 0.329 e. The molecule has 0 aliphatic carbocycles. The third-order valence-electron chi connectivity index (χ3n) is 9.12. The Hall–Kier alpha value is -3.00. The Bertz CT molecular complexity index is 1400. The van der Waals surface area contributed by atoms with Gasteiger partial charge in [0.05, 0.1) is 0 Å². The number of phenols is 2. The molecule has 1 heterocycles. The molecule has 0 aliphatic heterocycles. The number of aromatic nitrogens is 3. The third kappa shape index (κ3) is 12.9. The van der Waals surface area contributed by atoms with E-state index in [-0.39, 0.29) is 45.2 Å². The molecule has 0 saturated heterocycles. The number of hydrogen-bond donors (Lipinski definition) is 2. The Labute approximate surface area is 313 Å². The molecule has 51 heavy (non-hydrogen) atoms. The lowest BCUT2D eigenvalue weighted by atomic mass is 9.79. The van der Waals surface area contributed by atoms with Crippen LogP contribution in [0.3, 0.4) is 0 Å². The lowest BCUT2D eigenvalue weighted by Gasteiger charge is -2.28. The van der Waals surface area contributed by atoms with Gasteiger partial charge in [-0.05, 0) is 52.3 Å². The van der Waals surface area contributed by atoms with Gasteiger partial charge in [-0.2, -0.15) is 9.97 Å². The fraction of sp³-hybridized carbons (Fsp3) is 0.651. The molecule has 0 saturated carbocycles. The summed E-state index contributed by atoms with van der Waals surface area (Å²) >= 11 is 1.58. The molecule has 0 spiro atoms. The van der Waals surface area contributed by atoms with Gasteiger partial charge in [-0.25, -0.2) is 0 Å². The molecule has 0 atom stereocenters. The molecule has 284 valence electrons. The number of thioether (sulfide) groups is 1. The van der Waals surface area contributed by atoms with Crippen molar-refractivity contribution in [1.29, 1.82) is 0 Å². The predicted molar refractivity (Wildman–Crippen MR) is 214 cm³/mol. The molecule has 0 fully saturated rings. The van der Waals surface area contributed by atoms with Crippen LogP contribution in [0.25, 0.3) is 0 Å². The highest BCUT2D eigenvalue weighted by atomic mass is 32.2. The molecule has 2 aromatic carbocycles. The fourth-order valence-corrected chi connectivity index (χ4v) is 6.88. The molecular formula is C43H67N3O4S. The zero-order chi connectivity index (χ0) is 38.2. The van der Waals surface area contributed by atoms with Gasteiger partial charge < -0.3 is 19.7 Å². The molecule has 0 aliphatic rings. The summed E-state index contributed by atoms with van der Waals surface area (Å²) in [6.07, 6.45) is 12.8. The molecule has 0 unspecified atom stereocenters. The van der Waals surface area contributed by atoms with Gasteiger partial charge in [0.1, 0.15) is 23.0 Å². The maximum absolute atomic E-state index is 11.3. The van der Waals surface area contributed by atoms with Crippen molar-refractivity contribution in [2.75, 3.05) is 5.75 Å². The Morgan fingerprint density at radius 2 is 0.804 bits per heavy atom. The van der Waals surface area contributed by atoms with Crippen LogP contribution in [0.15, 0.2) is 29.4 Å². The van der Waals surface area contributed by atoms with Crippen molar-refractivity contribution in [3.63, 3.8) is 0 Å². The molecule has 0 amide bonds. The Morgan fingerprint density at radius 3 is 1.12 bits per heavy atom. The van der Waals surface area contributed by atoms with Crippen LogP contribution in [0, 0.1) is 0 Å². The third-order valence-corrected chi connectivity index (χ3v) is 10.1. The topological polar surface area (TPSA) is 97.6 Å². The fourth-order valence-electron chi connectivity index (χ4n) is 6.06. The van der Waals surface area contributed by atoms with Crippen molar-refractivity contribution in [3.05, 3.63) is 46.5 Å². The van der Waals surface area contributed by atoms with Crippen LogP contribution in [-0.2, 0) is 21.7 Å². The zero-order valence-corrected chi connectivity index (χ0v) is 34.9. The summed E-state index contributed by atoms with van der Waals surface area (Å²) in [6, 6.07) is 7.74. The maximum atomic E-state index is 11.3. The lowest BCUT2D eigenvalue weighted by molar-refractivity contribution is 0.376. The van der Waals surface area contributed by atoms with Gasteiger partial charge in [-0.1, -0.05) is 160 Å². The quantitative estimate of drug-likeness (QED) is 0.111. The molecule has 0 bridgehead atoms. The van der Waals surface area contributed by atoms with Gasteiger partial charge >= 0.3 is 12.0 Å². The standard InChI is InChI=1S/C43H67N3O4S/c1-14-15-16-17-18-19-20-21-22-23-24-51-39-45-37(49-29-25-31(40(2,3)4)35(47)32(26-29)41(5,6)7)44-38(46-39)50-30-27-33(42(8,9)10)36(48)34(28-30)43(11,12)13/h25-28,47-48H,14-24H2,1-13H3. The van der Waals surface area contributed by atoms with Crippen LogP contribution in [0.1, 0.15) is 176 Å². The number of rotatable bonds is 16. The highest BCUT2D eigenvalue weighted by Gasteiger charge is 2.29. The van der Waals surface area contributed by atoms with Gasteiger partial charge in [0.15, 0.2) is 5.16 Å². The Balaban J connectivity index is 1.94. The van der Waals surface area contributed by atoms with Crippen LogP contribution in [0.4, 0.5) is 0 Å². The minimum absolute atomic E-state index is 0.127. The van der Waals surface area contributed by atoms with E-state index >= 15 is 0 Å². The van der Waals surface area contributed by atoms with Crippen molar-refractivity contribution in [2.24, 2.45) is 0 Å². The van der Waals surface area contributed by atoms with E-state index in [1.54, 1.807) is 11.8 Å². The Kier molecular flexibility index (Phi) is 14.7. The first-order valence-electron chi connectivity index (χ1n) is 19.1. The number of hydrogen-bond acceptors (Lipinski definition) is 8. The first-order chi connectivity index (χ1) is 23.6. The van der Waals surface area contributed by atoms with Crippen LogP contribution in [0.2, 0.25) is 0 Å². The lowest BCUT2D eigenvalue weighted by Crippen LogP contribution is -2.17. The Morgan fingerprint density at radius 1 is 0.490 bits per heavy atom. The first kappa shape index (κ1) is 42.4. The molecule has 3 rings (SSSR count). The molecule has 1 aromatic heterocycles. The zero-order valence-electron chi connectivity index (χ0n) is 34.0. The number of phenolic OH excluding ortho intramolecular Hbond substituents is 2. The highest BCUT2D eigenvalue weighted by molar-refractivity contribution is 7.99. The molecule has 7 nitrogen and oxygen atoms in total.